The second kappa shape index (κ2) is 11.0. The molecule has 0 unspecified atom stereocenters. The zero-order valence-corrected chi connectivity index (χ0v) is 21.3. The van der Waals surface area contributed by atoms with Crippen molar-refractivity contribution in [2.45, 2.75) is 39.3 Å². The minimum absolute atomic E-state index is 0.236. The van der Waals surface area contributed by atoms with E-state index in [0.29, 0.717) is 42.4 Å². The number of nitrogens with two attached hydrogens (primary N) is 1. The number of hydrogen-bond acceptors (Lipinski definition) is 7. The van der Waals surface area contributed by atoms with Gasteiger partial charge in [-0.1, -0.05) is 0 Å². The van der Waals surface area contributed by atoms with Crippen LogP contribution in [0.5, 0.6) is 11.5 Å². The van der Waals surface area contributed by atoms with Gasteiger partial charge in [0.2, 0.25) is 5.91 Å². The first kappa shape index (κ1) is 24.7. The summed E-state index contributed by atoms with van der Waals surface area (Å²) in [5.41, 5.74) is 9.02. The van der Waals surface area contributed by atoms with E-state index >= 15 is 0 Å². The summed E-state index contributed by atoms with van der Waals surface area (Å²) in [5, 5.41) is 3.43. The summed E-state index contributed by atoms with van der Waals surface area (Å²) in [6, 6.07) is 14.0. The Bertz CT molecular complexity index is 1330. The molecule has 0 spiro atoms. The molecule has 1 saturated heterocycles. The normalized spacial score (nSPS) is 14.1. The molecule has 9 heteroatoms. The van der Waals surface area contributed by atoms with Crippen molar-refractivity contribution in [3.8, 4) is 17.2 Å². The minimum Gasteiger partial charge on any atom is -0.492 e. The lowest BCUT2D eigenvalue weighted by Gasteiger charge is -2.34. The van der Waals surface area contributed by atoms with Gasteiger partial charge < -0.3 is 34.4 Å². The number of carbonyl (C=O) groups excluding carboxylic acids is 1. The van der Waals surface area contributed by atoms with E-state index in [-0.39, 0.29) is 6.04 Å². The first-order valence-corrected chi connectivity index (χ1v) is 12.8. The van der Waals surface area contributed by atoms with Gasteiger partial charge in [0.15, 0.2) is 5.58 Å². The van der Waals surface area contributed by atoms with Crippen molar-refractivity contribution >= 4 is 23.0 Å². The van der Waals surface area contributed by atoms with Crippen molar-refractivity contribution < 1.29 is 18.7 Å². The van der Waals surface area contributed by atoms with E-state index in [4.69, 9.17) is 24.6 Å². The Morgan fingerprint density at radius 3 is 2.41 bits per heavy atom. The van der Waals surface area contributed by atoms with E-state index in [1.165, 1.54) is 0 Å². The Morgan fingerprint density at radius 2 is 1.78 bits per heavy atom. The number of rotatable bonds is 10. The van der Waals surface area contributed by atoms with Crippen LogP contribution in [0.3, 0.4) is 0 Å². The summed E-state index contributed by atoms with van der Waals surface area (Å²) >= 11 is 0. The number of nitrogens with one attached hydrogen (secondary N) is 1. The number of benzene rings is 2. The highest BCUT2D eigenvalue weighted by Gasteiger charge is 2.27. The molecule has 3 N–H and O–H groups in total. The molecule has 1 amide bonds. The van der Waals surface area contributed by atoms with E-state index in [2.05, 4.69) is 22.3 Å². The van der Waals surface area contributed by atoms with Gasteiger partial charge in [-0.2, -0.15) is 4.98 Å². The van der Waals surface area contributed by atoms with Crippen molar-refractivity contribution in [3.63, 3.8) is 0 Å². The molecule has 0 atom stereocenters. The van der Waals surface area contributed by atoms with Crippen molar-refractivity contribution in [1.82, 2.24) is 14.9 Å². The number of ether oxygens (including phenoxy) is 2. The van der Waals surface area contributed by atoms with Gasteiger partial charge >= 0.3 is 0 Å². The zero-order valence-electron chi connectivity index (χ0n) is 21.3. The van der Waals surface area contributed by atoms with E-state index in [1.807, 2.05) is 42.9 Å². The third-order valence-corrected chi connectivity index (χ3v) is 6.57. The fourth-order valence-corrected chi connectivity index (χ4v) is 4.86. The van der Waals surface area contributed by atoms with Crippen LogP contribution in [-0.4, -0.2) is 47.8 Å². The fraction of sp³-hybridized carbons (Fsp3) is 0.357. The predicted octanol–water partition coefficient (Wildman–Crippen LogP) is 4.27. The average Bonchev–Trinajstić information content (AvgIpc) is 3.58. The molecule has 1 aliphatic heterocycles. The monoisotopic (exact) mass is 503 g/mol. The summed E-state index contributed by atoms with van der Waals surface area (Å²) in [6.07, 6.45) is 5.90. The molecule has 37 heavy (non-hydrogen) atoms. The Hall–Kier alpha value is -3.98. The number of carbonyl (C=O) groups is 1. The lowest BCUT2D eigenvalue weighted by molar-refractivity contribution is 0.100. The van der Waals surface area contributed by atoms with E-state index in [0.717, 1.165) is 48.7 Å². The maximum atomic E-state index is 11.7. The Kier molecular flexibility index (Phi) is 7.32. The average molecular weight is 504 g/mol. The Labute approximate surface area is 216 Å². The highest BCUT2D eigenvalue weighted by atomic mass is 16.5. The molecular weight excluding hydrogens is 470 g/mol. The van der Waals surface area contributed by atoms with Crippen LogP contribution < -0.4 is 25.4 Å². The lowest BCUT2D eigenvalue weighted by Crippen LogP contribution is -2.43. The van der Waals surface area contributed by atoms with Crippen molar-refractivity contribution in [2.24, 2.45) is 5.73 Å². The SMILES string of the molecule is CCOc1cc(CN(c2nc3cc(C(N)=O)ccc3o2)C2CCNCC2)cc(OCC)c1-n1cccc1. The number of oxazole rings is 1. The van der Waals surface area contributed by atoms with Gasteiger partial charge in [0.1, 0.15) is 22.7 Å². The van der Waals surface area contributed by atoms with Crippen molar-refractivity contribution in [2.75, 3.05) is 31.2 Å². The maximum Gasteiger partial charge on any atom is 0.298 e. The van der Waals surface area contributed by atoms with Crippen LogP contribution in [0.1, 0.15) is 42.6 Å². The zero-order chi connectivity index (χ0) is 25.8. The van der Waals surface area contributed by atoms with Crippen LogP contribution >= 0.6 is 0 Å². The third kappa shape index (κ3) is 5.27. The molecule has 1 fully saturated rings. The van der Waals surface area contributed by atoms with Gasteiger partial charge in [-0.3, -0.25) is 4.79 Å². The number of piperidine rings is 1. The molecule has 1 aliphatic rings. The van der Waals surface area contributed by atoms with Crippen LogP contribution in [0.25, 0.3) is 16.8 Å². The van der Waals surface area contributed by atoms with Gasteiger partial charge in [0, 0.05) is 30.5 Å². The predicted molar refractivity (Wildman–Crippen MR) is 143 cm³/mol. The minimum atomic E-state index is -0.489. The largest absolute Gasteiger partial charge is 0.492 e. The Morgan fingerprint density at radius 1 is 1.11 bits per heavy atom. The molecule has 0 radical (unpaired) electrons. The molecular formula is C28H33N5O4. The number of fused-ring (bicyclic) bond motifs is 1. The summed E-state index contributed by atoms with van der Waals surface area (Å²) in [4.78, 5) is 18.7. The van der Waals surface area contributed by atoms with Crippen LogP contribution in [0.2, 0.25) is 0 Å². The highest BCUT2D eigenvalue weighted by molar-refractivity contribution is 5.96. The lowest BCUT2D eigenvalue weighted by atomic mass is 10.0. The molecule has 194 valence electrons. The summed E-state index contributed by atoms with van der Waals surface area (Å²) in [6.45, 7) is 7.44. The molecule has 0 saturated carbocycles. The van der Waals surface area contributed by atoms with Gasteiger partial charge in [0.25, 0.3) is 6.01 Å². The quantitative estimate of drug-likeness (QED) is 0.333. The van der Waals surface area contributed by atoms with Gasteiger partial charge in [-0.05, 0) is 87.8 Å². The summed E-state index contributed by atoms with van der Waals surface area (Å²) in [7, 11) is 0. The van der Waals surface area contributed by atoms with Crippen molar-refractivity contribution in [1.29, 1.82) is 0 Å². The molecule has 4 aromatic rings. The molecule has 5 rings (SSSR count). The summed E-state index contributed by atoms with van der Waals surface area (Å²) in [5.74, 6) is 1.03. The number of primary amides is 1. The van der Waals surface area contributed by atoms with Gasteiger partial charge in [0.05, 0.1) is 13.2 Å². The molecule has 0 bridgehead atoms. The standard InChI is InChI=1S/C28H33N5O4/c1-3-35-24-15-19(16-25(36-4-2)26(24)32-13-5-6-14-32)18-33(21-9-11-30-12-10-21)28-31-22-17-20(27(29)34)7-8-23(22)37-28/h5-8,13-17,21,30H,3-4,9-12,18H2,1-2H3,(H2,29,34). The first-order chi connectivity index (χ1) is 18.1. The molecule has 0 aliphatic carbocycles. The number of amides is 1. The topological polar surface area (TPSA) is 108 Å². The van der Waals surface area contributed by atoms with Crippen LogP contribution in [0.4, 0.5) is 6.01 Å². The number of nitrogens with zero attached hydrogens (tertiary/aromatic N) is 3. The van der Waals surface area contributed by atoms with Gasteiger partial charge in [-0.15, -0.1) is 0 Å². The smallest absolute Gasteiger partial charge is 0.298 e. The highest BCUT2D eigenvalue weighted by Crippen LogP contribution is 2.36. The second-order valence-corrected chi connectivity index (χ2v) is 9.05. The number of hydrogen-bond donors (Lipinski definition) is 2. The molecule has 3 heterocycles. The molecule has 2 aromatic carbocycles. The molecule has 2 aromatic heterocycles. The third-order valence-electron chi connectivity index (χ3n) is 6.57. The Balaban J connectivity index is 1.56. The second-order valence-electron chi connectivity index (χ2n) is 9.05. The molecule has 9 nitrogen and oxygen atoms in total. The first-order valence-electron chi connectivity index (χ1n) is 12.8. The maximum absolute atomic E-state index is 11.7. The number of anilines is 1. The van der Waals surface area contributed by atoms with E-state index in [1.54, 1.807) is 18.2 Å². The number of aromatic nitrogens is 2. The van der Waals surface area contributed by atoms with E-state index in [9.17, 15) is 4.79 Å². The van der Waals surface area contributed by atoms with Gasteiger partial charge in [-0.25, -0.2) is 0 Å². The van der Waals surface area contributed by atoms with Crippen LogP contribution in [0, 0.1) is 0 Å². The fourth-order valence-electron chi connectivity index (χ4n) is 4.86. The van der Waals surface area contributed by atoms with Crippen LogP contribution in [-0.2, 0) is 6.54 Å². The summed E-state index contributed by atoms with van der Waals surface area (Å²) < 4.78 is 20.4. The van der Waals surface area contributed by atoms with Crippen LogP contribution in [0.15, 0.2) is 59.3 Å². The van der Waals surface area contributed by atoms with Crippen molar-refractivity contribution in [3.05, 3.63) is 66.0 Å². The van der Waals surface area contributed by atoms with E-state index < -0.39 is 5.91 Å².